The quantitative estimate of drug-likeness (QED) is 0.524. The number of thiophene rings is 1. The van der Waals surface area contributed by atoms with Gasteiger partial charge in [0.2, 0.25) is 5.91 Å². The molecule has 4 rings (SSSR count). The van der Waals surface area contributed by atoms with E-state index in [1.807, 2.05) is 66.0 Å². The van der Waals surface area contributed by atoms with Crippen LogP contribution in [0.2, 0.25) is 0 Å². The molecular weight excluding hydrogens is 440 g/mol. The standard InChI is InChI=1S/C25H24N2O5S/c1-27(14-16-7-6-12-33-16)24(30)22(13-23(28)29)26-25(31)32-15-21-19-10-4-2-8-17(19)18-9-3-5-11-20(18)21/h2-12,21-22H,13-15H2,1H3,(H,26,31)(H,28,29). The first kappa shape index (κ1) is 22.5. The van der Waals surface area contributed by atoms with Crippen LogP contribution in [0.25, 0.3) is 11.1 Å². The largest absolute Gasteiger partial charge is 0.481 e. The zero-order chi connectivity index (χ0) is 23.4. The topological polar surface area (TPSA) is 95.9 Å². The number of likely N-dealkylation sites (N-methyl/N-ethyl adjacent to an activating group) is 1. The molecule has 0 radical (unpaired) electrons. The highest BCUT2D eigenvalue weighted by atomic mass is 32.1. The predicted octanol–water partition coefficient (Wildman–Crippen LogP) is 4.09. The minimum Gasteiger partial charge on any atom is -0.481 e. The van der Waals surface area contributed by atoms with Gasteiger partial charge in [0.1, 0.15) is 12.6 Å². The second-order valence-electron chi connectivity index (χ2n) is 7.89. The van der Waals surface area contributed by atoms with Crippen molar-refractivity contribution in [2.75, 3.05) is 13.7 Å². The van der Waals surface area contributed by atoms with Crippen LogP contribution in [0.1, 0.15) is 28.3 Å². The molecule has 2 aromatic carbocycles. The van der Waals surface area contributed by atoms with E-state index in [1.165, 1.54) is 16.2 Å². The Balaban J connectivity index is 1.42. The van der Waals surface area contributed by atoms with Gasteiger partial charge in [-0.1, -0.05) is 54.6 Å². The first-order chi connectivity index (χ1) is 15.9. The molecule has 1 heterocycles. The number of aliphatic carboxylic acids is 1. The molecule has 1 aliphatic rings. The summed E-state index contributed by atoms with van der Waals surface area (Å²) in [6.07, 6.45) is -1.35. The molecule has 33 heavy (non-hydrogen) atoms. The van der Waals surface area contributed by atoms with Crippen LogP contribution in [0.4, 0.5) is 4.79 Å². The molecule has 1 atom stereocenters. The molecule has 0 fully saturated rings. The number of fused-ring (bicyclic) bond motifs is 3. The minimum atomic E-state index is -1.22. The van der Waals surface area contributed by atoms with Crippen molar-refractivity contribution in [3.05, 3.63) is 82.0 Å². The molecule has 2 amide bonds. The Bertz CT molecular complexity index is 1120. The lowest BCUT2D eigenvalue weighted by Gasteiger charge is -2.23. The van der Waals surface area contributed by atoms with Crippen LogP contribution in [-0.2, 0) is 20.9 Å². The lowest BCUT2D eigenvalue weighted by Crippen LogP contribution is -2.48. The number of hydrogen-bond acceptors (Lipinski definition) is 5. The number of nitrogens with zero attached hydrogens (tertiary/aromatic N) is 1. The van der Waals surface area contributed by atoms with Gasteiger partial charge in [-0.15, -0.1) is 11.3 Å². The second kappa shape index (κ2) is 9.87. The average molecular weight is 465 g/mol. The Kier molecular flexibility index (Phi) is 6.74. The van der Waals surface area contributed by atoms with Crippen molar-refractivity contribution in [3.8, 4) is 11.1 Å². The van der Waals surface area contributed by atoms with E-state index in [0.29, 0.717) is 6.54 Å². The Labute approximate surface area is 195 Å². The Morgan fingerprint density at radius 2 is 1.67 bits per heavy atom. The third-order valence-electron chi connectivity index (χ3n) is 5.66. The third kappa shape index (κ3) is 5.06. The zero-order valence-electron chi connectivity index (χ0n) is 18.1. The van der Waals surface area contributed by atoms with Gasteiger partial charge in [0, 0.05) is 17.8 Å². The third-order valence-corrected chi connectivity index (χ3v) is 6.52. The van der Waals surface area contributed by atoms with Gasteiger partial charge in [-0.3, -0.25) is 9.59 Å². The van der Waals surface area contributed by atoms with E-state index in [1.54, 1.807) is 7.05 Å². The number of benzene rings is 2. The van der Waals surface area contributed by atoms with Crippen LogP contribution in [0.15, 0.2) is 66.0 Å². The van der Waals surface area contributed by atoms with Crippen molar-refractivity contribution in [2.24, 2.45) is 0 Å². The van der Waals surface area contributed by atoms with Crippen LogP contribution >= 0.6 is 11.3 Å². The maximum absolute atomic E-state index is 12.8. The van der Waals surface area contributed by atoms with Crippen LogP contribution in [0.3, 0.4) is 0 Å². The Morgan fingerprint density at radius 1 is 1.03 bits per heavy atom. The number of carboxylic acid groups (broad SMARTS) is 1. The monoisotopic (exact) mass is 464 g/mol. The number of alkyl carbamates (subject to hydrolysis) is 1. The van der Waals surface area contributed by atoms with Gasteiger partial charge < -0.3 is 20.1 Å². The van der Waals surface area contributed by atoms with E-state index in [-0.39, 0.29) is 12.5 Å². The molecule has 170 valence electrons. The number of rotatable bonds is 8. The van der Waals surface area contributed by atoms with Crippen molar-refractivity contribution in [3.63, 3.8) is 0 Å². The summed E-state index contributed by atoms with van der Waals surface area (Å²) in [7, 11) is 1.58. The summed E-state index contributed by atoms with van der Waals surface area (Å²) in [6.45, 7) is 0.415. The van der Waals surface area contributed by atoms with Crippen LogP contribution in [0, 0.1) is 0 Å². The molecule has 3 aromatic rings. The number of carbonyl (C=O) groups excluding carboxylic acids is 2. The summed E-state index contributed by atoms with van der Waals surface area (Å²) >= 11 is 1.50. The van der Waals surface area contributed by atoms with Crippen molar-refractivity contribution >= 4 is 29.3 Å². The maximum Gasteiger partial charge on any atom is 0.407 e. The van der Waals surface area contributed by atoms with E-state index >= 15 is 0 Å². The van der Waals surface area contributed by atoms with Gasteiger partial charge in [-0.05, 0) is 33.7 Å². The summed E-state index contributed by atoms with van der Waals surface area (Å²) < 4.78 is 5.48. The predicted molar refractivity (Wildman–Crippen MR) is 125 cm³/mol. The van der Waals surface area contributed by atoms with Crippen LogP contribution < -0.4 is 5.32 Å². The Morgan fingerprint density at radius 3 is 2.24 bits per heavy atom. The normalized spacial score (nSPS) is 13.0. The number of ether oxygens (including phenoxy) is 1. The summed E-state index contributed by atoms with van der Waals surface area (Å²) in [5.74, 6) is -1.80. The van der Waals surface area contributed by atoms with E-state index < -0.39 is 30.4 Å². The number of carbonyl (C=O) groups is 3. The fourth-order valence-corrected chi connectivity index (χ4v) is 4.89. The average Bonchev–Trinajstić information content (AvgIpc) is 3.42. The second-order valence-corrected chi connectivity index (χ2v) is 8.93. The fraction of sp³-hybridized carbons (Fsp3) is 0.240. The molecule has 0 saturated heterocycles. The highest BCUT2D eigenvalue weighted by Gasteiger charge is 2.31. The van der Waals surface area contributed by atoms with Gasteiger partial charge >= 0.3 is 12.1 Å². The van der Waals surface area contributed by atoms with Gasteiger partial charge in [-0.2, -0.15) is 0 Å². The molecule has 0 aliphatic heterocycles. The number of amides is 2. The molecule has 1 aliphatic carbocycles. The molecule has 0 saturated carbocycles. The van der Waals surface area contributed by atoms with Crippen molar-refractivity contribution in [2.45, 2.75) is 24.9 Å². The van der Waals surface area contributed by atoms with Crippen LogP contribution in [0.5, 0.6) is 0 Å². The van der Waals surface area contributed by atoms with Gasteiger partial charge in [-0.25, -0.2) is 4.79 Å². The molecule has 2 N–H and O–H groups in total. The highest BCUT2D eigenvalue weighted by molar-refractivity contribution is 7.09. The smallest absolute Gasteiger partial charge is 0.407 e. The fourth-order valence-electron chi connectivity index (χ4n) is 4.14. The molecule has 0 bridgehead atoms. The molecular formula is C25H24N2O5S. The van der Waals surface area contributed by atoms with Crippen molar-refractivity contribution < 1.29 is 24.2 Å². The summed E-state index contributed by atoms with van der Waals surface area (Å²) in [4.78, 5) is 39.1. The SMILES string of the molecule is CN(Cc1cccs1)C(=O)C(CC(=O)O)NC(=O)OCC1c2ccccc2-c2ccccc21. The Hall–Kier alpha value is -3.65. The van der Waals surface area contributed by atoms with Crippen molar-refractivity contribution in [1.29, 1.82) is 0 Å². The molecule has 8 heteroatoms. The lowest BCUT2D eigenvalue weighted by atomic mass is 9.98. The van der Waals surface area contributed by atoms with Gasteiger partial charge in [0.25, 0.3) is 0 Å². The van der Waals surface area contributed by atoms with E-state index in [4.69, 9.17) is 4.74 Å². The zero-order valence-corrected chi connectivity index (χ0v) is 18.9. The summed E-state index contributed by atoms with van der Waals surface area (Å²) in [6, 6.07) is 18.5. The first-order valence-electron chi connectivity index (χ1n) is 10.5. The number of nitrogens with one attached hydrogen (secondary N) is 1. The van der Waals surface area contributed by atoms with E-state index in [0.717, 1.165) is 27.1 Å². The first-order valence-corrected chi connectivity index (χ1v) is 11.4. The number of hydrogen-bond donors (Lipinski definition) is 2. The molecule has 1 aromatic heterocycles. The molecule has 7 nitrogen and oxygen atoms in total. The van der Waals surface area contributed by atoms with E-state index in [9.17, 15) is 19.5 Å². The highest BCUT2D eigenvalue weighted by Crippen LogP contribution is 2.44. The lowest BCUT2D eigenvalue weighted by molar-refractivity contribution is -0.142. The van der Waals surface area contributed by atoms with Gasteiger partial charge in [0.15, 0.2) is 0 Å². The minimum absolute atomic E-state index is 0.0822. The summed E-state index contributed by atoms with van der Waals surface area (Å²) in [5, 5.41) is 13.6. The van der Waals surface area contributed by atoms with Gasteiger partial charge in [0.05, 0.1) is 13.0 Å². The van der Waals surface area contributed by atoms with E-state index in [2.05, 4.69) is 5.32 Å². The van der Waals surface area contributed by atoms with Crippen LogP contribution in [-0.4, -0.2) is 47.7 Å². The molecule has 0 spiro atoms. The van der Waals surface area contributed by atoms with Crippen molar-refractivity contribution in [1.82, 2.24) is 10.2 Å². The molecule has 1 unspecified atom stereocenters. The summed E-state index contributed by atoms with van der Waals surface area (Å²) in [5.41, 5.74) is 4.35. The maximum atomic E-state index is 12.8. The number of carboxylic acids is 1.